The van der Waals surface area contributed by atoms with Crippen molar-refractivity contribution in [2.75, 3.05) is 26.4 Å². The van der Waals surface area contributed by atoms with Crippen molar-refractivity contribution in [2.24, 2.45) is 0 Å². The number of rotatable bonds is 5. The van der Waals surface area contributed by atoms with Crippen LogP contribution in [0.15, 0.2) is 17.0 Å². The Hall–Kier alpha value is -1.11. The number of aryl methyl sites for hydroxylation is 2. The lowest BCUT2D eigenvalue weighted by molar-refractivity contribution is 0.370. The van der Waals surface area contributed by atoms with Gasteiger partial charge in [0.05, 0.1) is 5.69 Å². The fourth-order valence-corrected chi connectivity index (χ4v) is 3.39. The lowest BCUT2D eigenvalue weighted by Crippen LogP contribution is -2.39. The minimum Gasteiger partial charge on any atom is -0.398 e. The average Bonchev–Trinajstić information content (AvgIpc) is 2.20. The molecule has 19 heavy (non-hydrogen) atoms. The van der Waals surface area contributed by atoms with Crippen LogP contribution < -0.4 is 10.5 Å². The van der Waals surface area contributed by atoms with Gasteiger partial charge >= 0.3 is 0 Å². The second kappa shape index (κ2) is 5.90. The zero-order valence-corrected chi connectivity index (χ0v) is 13.0. The summed E-state index contributed by atoms with van der Waals surface area (Å²) in [4.78, 5) is 2.08. The standard InChI is InChI=1S/C13H23N3O2S/c1-9-6-12(14)13(7-10(9)2)19(17,18)15-11(3)8-16(4)5/h6-7,11,15H,8,14H2,1-5H3. The highest BCUT2D eigenvalue weighted by atomic mass is 32.2. The van der Waals surface area contributed by atoms with Crippen molar-refractivity contribution in [3.05, 3.63) is 23.3 Å². The van der Waals surface area contributed by atoms with E-state index in [1.54, 1.807) is 12.1 Å². The van der Waals surface area contributed by atoms with Gasteiger partial charge in [0.2, 0.25) is 10.0 Å². The molecule has 0 bridgehead atoms. The Balaban J connectivity index is 3.04. The van der Waals surface area contributed by atoms with Gasteiger partial charge in [0.1, 0.15) is 4.90 Å². The maximum atomic E-state index is 12.3. The lowest BCUT2D eigenvalue weighted by Gasteiger charge is -2.19. The normalized spacial score (nSPS) is 13.8. The minimum absolute atomic E-state index is 0.154. The van der Waals surface area contributed by atoms with Crippen LogP contribution in [0.5, 0.6) is 0 Å². The quantitative estimate of drug-likeness (QED) is 0.795. The summed E-state index contributed by atoms with van der Waals surface area (Å²) in [5.41, 5.74) is 8.00. The monoisotopic (exact) mass is 285 g/mol. The zero-order chi connectivity index (χ0) is 14.8. The highest BCUT2D eigenvalue weighted by molar-refractivity contribution is 7.89. The predicted molar refractivity (Wildman–Crippen MR) is 78.7 cm³/mol. The number of sulfonamides is 1. The largest absolute Gasteiger partial charge is 0.398 e. The van der Waals surface area contributed by atoms with Gasteiger partial charge in [0.25, 0.3) is 0 Å². The first-order valence-electron chi connectivity index (χ1n) is 6.17. The molecule has 0 aromatic heterocycles. The number of nitrogens with one attached hydrogen (secondary N) is 1. The summed E-state index contributed by atoms with van der Waals surface area (Å²) in [5, 5.41) is 0. The average molecular weight is 285 g/mol. The SMILES string of the molecule is Cc1cc(N)c(S(=O)(=O)NC(C)CN(C)C)cc1C. The topological polar surface area (TPSA) is 75.4 Å². The molecule has 0 spiro atoms. The predicted octanol–water partition coefficient (Wildman–Crippen LogP) is 1.11. The molecule has 0 heterocycles. The van der Waals surface area contributed by atoms with Crippen LogP contribution in [0.4, 0.5) is 5.69 Å². The van der Waals surface area contributed by atoms with E-state index in [-0.39, 0.29) is 16.6 Å². The van der Waals surface area contributed by atoms with Crippen LogP contribution in [0.3, 0.4) is 0 Å². The van der Waals surface area contributed by atoms with Gasteiger partial charge in [-0.25, -0.2) is 13.1 Å². The number of nitrogens with two attached hydrogens (primary N) is 1. The fraction of sp³-hybridized carbons (Fsp3) is 0.538. The van der Waals surface area contributed by atoms with E-state index in [0.717, 1.165) is 11.1 Å². The maximum Gasteiger partial charge on any atom is 0.242 e. The Morgan fingerprint density at radius 1 is 1.26 bits per heavy atom. The molecule has 6 heteroatoms. The molecule has 0 amide bonds. The van der Waals surface area contributed by atoms with Crippen LogP contribution in [0.25, 0.3) is 0 Å². The zero-order valence-electron chi connectivity index (χ0n) is 12.2. The third-order valence-corrected chi connectivity index (χ3v) is 4.56. The molecule has 0 saturated carbocycles. The number of hydrogen-bond donors (Lipinski definition) is 2. The van der Waals surface area contributed by atoms with Crippen LogP contribution >= 0.6 is 0 Å². The molecule has 0 radical (unpaired) electrons. The first-order valence-corrected chi connectivity index (χ1v) is 7.65. The van der Waals surface area contributed by atoms with Crippen LogP contribution in [0.2, 0.25) is 0 Å². The fourth-order valence-electron chi connectivity index (χ4n) is 1.96. The third kappa shape index (κ3) is 4.19. The lowest BCUT2D eigenvalue weighted by atomic mass is 10.1. The number of benzene rings is 1. The summed E-state index contributed by atoms with van der Waals surface area (Å²) in [5.74, 6) is 0. The number of nitrogens with zero attached hydrogens (tertiary/aromatic N) is 1. The first kappa shape index (κ1) is 15.9. The molecule has 1 aromatic rings. The summed E-state index contributed by atoms with van der Waals surface area (Å²) in [7, 11) is 0.219. The van der Waals surface area contributed by atoms with Gasteiger partial charge in [0, 0.05) is 12.6 Å². The number of hydrogen-bond acceptors (Lipinski definition) is 4. The summed E-state index contributed by atoms with van der Waals surface area (Å²) < 4.78 is 27.2. The molecule has 0 aliphatic rings. The molecule has 3 N–H and O–H groups in total. The molecule has 1 unspecified atom stereocenters. The van der Waals surface area contributed by atoms with Gasteiger partial charge in [0.15, 0.2) is 0 Å². The van der Waals surface area contributed by atoms with Gasteiger partial charge in [-0.3, -0.25) is 0 Å². The van der Waals surface area contributed by atoms with Crippen molar-refractivity contribution >= 4 is 15.7 Å². The molecule has 0 saturated heterocycles. The van der Waals surface area contributed by atoms with E-state index in [2.05, 4.69) is 4.72 Å². The molecule has 0 aliphatic heterocycles. The second-order valence-electron chi connectivity index (χ2n) is 5.26. The molecule has 0 fully saturated rings. The third-order valence-electron chi connectivity index (χ3n) is 2.91. The molecule has 1 rings (SSSR count). The summed E-state index contributed by atoms with van der Waals surface area (Å²) in [6.07, 6.45) is 0. The van der Waals surface area contributed by atoms with Crippen molar-refractivity contribution in [3.63, 3.8) is 0 Å². The molecule has 0 aliphatic carbocycles. The van der Waals surface area contributed by atoms with Crippen molar-refractivity contribution in [2.45, 2.75) is 31.7 Å². The van der Waals surface area contributed by atoms with Crippen LogP contribution in [0.1, 0.15) is 18.1 Å². The van der Waals surface area contributed by atoms with Crippen LogP contribution in [-0.4, -0.2) is 40.0 Å². The number of nitrogen functional groups attached to an aromatic ring is 1. The van der Waals surface area contributed by atoms with E-state index in [1.807, 2.05) is 39.8 Å². The van der Waals surface area contributed by atoms with Gasteiger partial charge in [-0.15, -0.1) is 0 Å². The number of anilines is 1. The Morgan fingerprint density at radius 3 is 2.32 bits per heavy atom. The van der Waals surface area contributed by atoms with Crippen molar-refractivity contribution in [3.8, 4) is 0 Å². The maximum absolute atomic E-state index is 12.3. The molecule has 108 valence electrons. The van der Waals surface area contributed by atoms with Crippen molar-refractivity contribution in [1.82, 2.24) is 9.62 Å². The van der Waals surface area contributed by atoms with Gasteiger partial charge < -0.3 is 10.6 Å². The van der Waals surface area contributed by atoms with Gasteiger partial charge in [-0.05, 0) is 58.1 Å². The Morgan fingerprint density at radius 2 is 1.79 bits per heavy atom. The molecule has 5 nitrogen and oxygen atoms in total. The van der Waals surface area contributed by atoms with E-state index >= 15 is 0 Å². The Bertz CT molecular complexity index is 553. The highest BCUT2D eigenvalue weighted by Gasteiger charge is 2.21. The molecule has 1 aromatic carbocycles. The summed E-state index contributed by atoms with van der Waals surface area (Å²) in [6, 6.07) is 3.14. The van der Waals surface area contributed by atoms with E-state index in [1.165, 1.54) is 0 Å². The van der Waals surface area contributed by atoms with E-state index in [0.29, 0.717) is 6.54 Å². The molecule has 1 atom stereocenters. The second-order valence-corrected chi connectivity index (χ2v) is 6.94. The van der Waals surface area contributed by atoms with Crippen molar-refractivity contribution in [1.29, 1.82) is 0 Å². The van der Waals surface area contributed by atoms with Crippen LogP contribution in [-0.2, 0) is 10.0 Å². The molecular weight excluding hydrogens is 262 g/mol. The number of likely N-dealkylation sites (N-methyl/N-ethyl adjacent to an activating group) is 1. The van der Waals surface area contributed by atoms with Crippen LogP contribution in [0, 0.1) is 13.8 Å². The van der Waals surface area contributed by atoms with E-state index < -0.39 is 10.0 Å². The summed E-state index contributed by atoms with van der Waals surface area (Å²) in [6.45, 7) is 6.24. The van der Waals surface area contributed by atoms with E-state index in [9.17, 15) is 8.42 Å². The Kier molecular flexibility index (Phi) is 4.95. The highest BCUT2D eigenvalue weighted by Crippen LogP contribution is 2.22. The van der Waals surface area contributed by atoms with Crippen molar-refractivity contribution < 1.29 is 8.42 Å². The van der Waals surface area contributed by atoms with E-state index in [4.69, 9.17) is 5.73 Å². The van der Waals surface area contributed by atoms with Gasteiger partial charge in [-0.2, -0.15) is 0 Å². The first-order chi connectivity index (χ1) is 8.63. The summed E-state index contributed by atoms with van der Waals surface area (Å²) >= 11 is 0. The minimum atomic E-state index is -3.58. The molecular formula is C13H23N3O2S. The smallest absolute Gasteiger partial charge is 0.242 e. The Labute approximate surface area is 115 Å². The van der Waals surface area contributed by atoms with Gasteiger partial charge in [-0.1, -0.05) is 0 Å².